The highest BCUT2D eigenvalue weighted by Crippen LogP contribution is 2.42. The molecule has 0 aliphatic rings. The fraction of sp³-hybridized carbons (Fsp3) is 0.250. The lowest BCUT2D eigenvalue weighted by atomic mass is 10.00. The number of hydrogen-bond donors (Lipinski definition) is 0. The number of aryl methyl sites for hydroxylation is 1. The molecule has 136 valence electrons. The standard InChI is InChI=1S/C20H19Br2ClN2S/c1-20(13-25-11-10-24-14-25,9-8-15-2-5-17(23)6-3-15)26-19-12-16(21)4-7-18(19)22/h2-7,10-12,14H,8-9,13H2,1H3. The summed E-state index contributed by atoms with van der Waals surface area (Å²) in [6, 6.07) is 14.4. The average Bonchev–Trinajstić information content (AvgIpc) is 3.10. The number of halogens is 3. The molecular weight excluding hydrogens is 496 g/mol. The summed E-state index contributed by atoms with van der Waals surface area (Å²) in [5.41, 5.74) is 1.31. The first-order valence-electron chi connectivity index (χ1n) is 8.28. The Morgan fingerprint density at radius 1 is 1.15 bits per heavy atom. The molecule has 0 saturated carbocycles. The molecule has 0 aliphatic heterocycles. The summed E-state index contributed by atoms with van der Waals surface area (Å²) < 4.78 is 4.38. The molecule has 0 amide bonds. The zero-order valence-electron chi connectivity index (χ0n) is 14.3. The van der Waals surface area contributed by atoms with E-state index in [1.54, 1.807) is 0 Å². The number of imidazole rings is 1. The Kier molecular flexibility index (Phi) is 6.89. The predicted octanol–water partition coefficient (Wildman–Crippen LogP) is 7.25. The van der Waals surface area contributed by atoms with Crippen LogP contribution in [0.2, 0.25) is 5.02 Å². The fourth-order valence-electron chi connectivity index (χ4n) is 2.81. The smallest absolute Gasteiger partial charge is 0.0946 e. The minimum absolute atomic E-state index is 0.0175. The van der Waals surface area contributed by atoms with Crippen molar-refractivity contribution in [2.24, 2.45) is 0 Å². The normalized spacial score (nSPS) is 13.5. The highest BCUT2D eigenvalue weighted by Gasteiger charge is 2.27. The summed E-state index contributed by atoms with van der Waals surface area (Å²) in [5.74, 6) is 0. The van der Waals surface area contributed by atoms with Gasteiger partial charge in [-0.3, -0.25) is 0 Å². The molecule has 1 unspecified atom stereocenters. The number of rotatable bonds is 7. The topological polar surface area (TPSA) is 17.8 Å². The number of aromatic nitrogens is 2. The van der Waals surface area contributed by atoms with Gasteiger partial charge in [0.25, 0.3) is 0 Å². The molecule has 2 aromatic carbocycles. The molecule has 1 aromatic heterocycles. The molecule has 0 spiro atoms. The van der Waals surface area contributed by atoms with E-state index in [9.17, 15) is 0 Å². The predicted molar refractivity (Wildman–Crippen MR) is 118 cm³/mol. The minimum Gasteiger partial charge on any atom is -0.336 e. The van der Waals surface area contributed by atoms with E-state index < -0.39 is 0 Å². The Morgan fingerprint density at radius 2 is 1.92 bits per heavy atom. The maximum absolute atomic E-state index is 6.01. The van der Waals surface area contributed by atoms with Gasteiger partial charge in [-0.05, 0) is 71.6 Å². The van der Waals surface area contributed by atoms with Crippen molar-refractivity contribution in [1.29, 1.82) is 0 Å². The van der Waals surface area contributed by atoms with E-state index in [2.05, 4.69) is 78.7 Å². The van der Waals surface area contributed by atoms with Crippen LogP contribution in [0.4, 0.5) is 0 Å². The molecule has 0 radical (unpaired) electrons. The molecule has 0 aliphatic carbocycles. The second-order valence-corrected chi connectivity index (χ2v) is 10.3. The van der Waals surface area contributed by atoms with Gasteiger partial charge in [-0.15, -0.1) is 11.8 Å². The van der Waals surface area contributed by atoms with Crippen LogP contribution in [0, 0.1) is 0 Å². The quantitative estimate of drug-likeness (QED) is 0.309. The van der Waals surface area contributed by atoms with Crippen LogP contribution in [0.1, 0.15) is 18.9 Å². The fourth-order valence-corrected chi connectivity index (χ4v) is 5.24. The molecule has 1 heterocycles. The van der Waals surface area contributed by atoms with Crippen molar-refractivity contribution < 1.29 is 0 Å². The Balaban J connectivity index is 1.81. The molecule has 26 heavy (non-hydrogen) atoms. The van der Waals surface area contributed by atoms with Gasteiger partial charge in [-0.1, -0.05) is 39.7 Å². The second kappa shape index (κ2) is 8.96. The lowest BCUT2D eigenvalue weighted by molar-refractivity contribution is 0.495. The van der Waals surface area contributed by atoms with Crippen LogP contribution in [0.3, 0.4) is 0 Å². The molecule has 1 atom stereocenters. The third kappa shape index (κ3) is 5.62. The molecular formula is C20H19Br2ClN2S. The van der Waals surface area contributed by atoms with Crippen LogP contribution in [0.15, 0.2) is 75.0 Å². The van der Waals surface area contributed by atoms with E-state index in [-0.39, 0.29) is 4.75 Å². The highest BCUT2D eigenvalue weighted by molar-refractivity contribution is 9.11. The van der Waals surface area contributed by atoms with Crippen molar-refractivity contribution in [3.8, 4) is 0 Å². The van der Waals surface area contributed by atoms with Crippen molar-refractivity contribution in [2.75, 3.05) is 0 Å². The highest BCUT2D eigenvalue weighted by atomic mass is 79.9. The Labute approximate surface area is 180 Å². The van der Waals surface area contributed by atoms with Gasteiger partial charge in [0.1, 0.15) is 0 Å². The second-order valence-electron chi connectivity index (χ2n) is 6.49. The summed E-state index contributed by atoms with van der Waals surface area (Å²) in [7, 11) is 0. The molecule has 3 rings (SSSR count). The lowest BCUT2D eigenvalue weighted by Gasteiger charge is -2.30. The summed E-state index contributed by atoms with van der Waals surface area (Å²) in [5, 5.41) is 0.780. The maximum Gasteiger partial charge on any atom is 0.0946 e. The molecule has 2 nitrogen and oxygen atoms in total. The monoisotopic (exact) mass is 512 g/mol. The molecule has 0 fully saturated rings. The van der Waals surface area contributed by atoms with Gasteiger partial charge in [-0.25, -0.2) is 4.98 Å². The number of nitrogens with zero attached hydrogens (tertiary/aromatic N) is 2. The van der Waals surface area contributed by atoms with Crippen LogP contribution in [0.5, 0.6) is 0 Å². The third-order valence-corrected chi connectivity index (χ3v) is 7.26. The van der Waals surface area contributed by atoms with Gasteiger partial charge >= 0.3 is 0 Å². The van der Waals surface area contributed by atoms with Crippen molar-refractivity contribution in [2.45, 2.75) is 36.0 Å². The van der Waals surface area contributed by atoms with Crippen LogP contribution < -0.4 is 0 Å². The van der Waals surface area contributed by atoms with Gasteiger partial charge in [0.2, 0.25) is 0 Å². The number of benzene rings is 2. The SMILES string of the molecule is CC(CCc1ccc(Cl)cc1)(Cn1ccnc1)Sc1cc(Br)ccc1Br. The Morgan fingerprint density at radius 3 is 2.62 bits per heavy atom. The number of thioether (sulfide) groups is 1. The third-order valence-electron chi connectivity index (χ3n) is 4.18. The van der Waals surface area contributed by atoms with E-state index >= 15 is 0 Å². The van der Waals surface area contributed by atoms with Crippen molar-refractivity contribution in [3.05, 3.63) is 80.7 Å². The Hall–Kier alpha value is -0.750. The van der Waals surface area contributed by atoms with Gasteiger partial charge in [-0.2, -0.15) is 0 Å². The zero-order chi connectivity index (χ0) is 18.6. The van der Waals surface area contributed by atoms with Crippen LogP contribution >= 0.6 is 55.2 Å². The van der Waals surface area contributed by atoms with E-state index in [0.29, 0.717) is 0 Å². The molecule has 6 heteroatoms. The lowest BCUT2D eigenvalue weighted by Crippen LogP contribution is -2.27. The first-order chi connectivity index (χ1) is 12.4. The first kappa shape index (κ1) is 20.0. The van der Waals surface area contributed by atoms with E-state index in [1.165, 1.54) is 10.5 Å². The van der Waals surface area contributed by atoms with Crippen LogP contribution in [-0.2, 0) is 13.0 Å². The average molecular weight is 515 g/mol. The molecule has 0 saturated heterocycles. The van der Waals surface area contributed by atoms with E-state index in [0.717, 1.165) is 33.4 Å². The number of hydrogen-bond acceptors (Lipinski definition) is 2. The minimum atomic E-state index is 0.0175. The summed E-state index contributed by atoms with van der Waals surface area (Å²) >= 11 is 15.2. The van der Waals surface area contributed by atoms with Gasteiger partial charge in [0.05, 0.1) is 6.33 Å². The molecule has 0 bridgehead atoms. The van der Waals surface area contributed by atoms with E-state index in [4.69, 9.17) is 11.6 Å². The van der Waals surface area contributed by atoms with Gasteiger partial charge in [0, 0.05) is 42.5 Å². The van der Waals surface area contributed by atoms with E-state index in [1.807, 2.05) is 42.6 Å². The molecule has 3 aromatic rings. The van der Waals surface area contributed by atoms with Crippen molar-refractivity contribution in [1.82, 2.24) is 9.55 Å². The summed E-state index contributed by atoms with van der Waals surface area (Å²) in [4.78, 5) is 5.43. The zero-order valence-corrected chi connectivity index (χ0v) is 19.1. The van der Waals surface area contributed by atoms with Gasteiger partial charge < -0.3 is 4.57 Å². The van der Waals surface area contributed by atoms with Crippen molar-refractivity contribution >= 4 is 55.2 Å². The largest absolute Gasteiger partial charge is 0.336 e. The summed E-state index contributed by atoms with van der Waals surface area (Å²) in [6.45, 7) is 3.21. The maximum atomic E-state index is 6.01. The van der Waals surface area contributed by atoms with Crippen molar-refractivity contribution in [3.63, 3.8) is 0 Å². The molecule has 0 N–H and O–H groups in total. The first-order valence-corrected chi connectivity index (χ1v) is 11.1. The van der Waals surface area contributed by atoms with Gasteiger partial charge in [0.15, 0.2) is 0 Å². The Bertz CT molecular complexity index is 853. The van der Waals surface area contributed by atoms with Crippen LogP contribution in [0.25, 0.3) is 0 Å². The summed E-state index contributed by atoms with van der Waals surface area (Å²) in [6.07, 6.45) is 7.78. The van der Waals surface area contributed by atoms with Crippen LogP contribution in [-0.4, -0.2) is 14.3 Å².